The SMILES string of the molecule is Cl.O=C(NC(Cc1ccccc1)C(=O)N1C2CCNCC1CC2)c1cccs1. The lowest BCUT2D eigenvalue weighted by molar-refractivity contribution is -0.135. The Labute approximate surface area is 175 Å². The average Bonchev–Trinajstić information content (AvgIpc) is 3.29. The van der Waals surface area contributed by atoms with Gasteiger partial charge in [-0.2, -0.15) is 0 Å². The van der Waals surface area contributed by atoms with Gasteiger partial charge in [-0.1, -0.05) is 36.4 Å². The molecule has 3 heterocycles. The van der Waals surface area contributed by atoms with Crippen molar-refractivity contribution in [3.8, 4) is 0 Å². The average molecular weight is 420 g/mol. The first-order valence-corrected chi connectivity index (χ1v) is 10.5. The molecule has 3 unspecified atom stereocenters. The Morgan fingerprint density at radius 1 is 1.11 bits per heavy atom. The van der Waals surface area contributed by atoms with Gasteiger partial charge in [0.1, 0.15) is 6.04 Å². The summed E-state index contributed by atoms with van der Waals surface area (Å²) in [5.41, 5.74) is 1.06. The van der Waals surface area contributed by atoms with Crippen molar-refractivity contribution in [2.24, 2.45) is 0 Å². The van der Waals surface area contributed by atoms with Crippen LogP contribution in [0.15, 0.2) is 47.8 Å². The van der Waals surface area contributed by atoms with E-state index in [1.165, 1.54) is 11.3 Å². The molecular weight excluding hydrogens is 394 g/mol. The summed E-state index contributed by atoms with van der Waals surface area (Å²) in [7, 11) is 0. The second kappa shape index (κ2) is 9.54. The van der Waals surface area contributed by atoms with Crippen molar-refractivity contribution in [1.82, 2.24) is 15.5 Å². The number of thiophene rings is 1. The summed E-state index contributed by atoms with van der Waals surface area (Å²) >= 11 is 1.40. The van der Waals surface area contributed by atoms with Gasteiger partial charge in [-0.25, -0.2) is 0 Å². The van der Waals surface area contributed by atoms with Crippen LogP contribution < -0.4 is 10.6 Å². The predicted molar refractivity (Wildman–Crippen MR) is 114 cm³/mol. The van der Waals surface area contributed by atoms with E-state index in [9.17, 15) is 9.59 Å². The van der Waals surface area contributed by atoms with Crippen LogP contribution in [0.5, 0.6) is 0 Å². The minimum absolute atomic E-state index is 0. The maximum atomic E-state index is 13.5. The van der Waals surface area contributed by atoms with Crippen molar-refractivity contribution in [3.05, 3.63) is 58.3 Å². The maximum absolute atomic E-state index is 13.5. The third kappa shape index (κ3) is 4.57. The summed E-state index contributed by atoms with van der Waals surface area (Å²) in [6.45, 7) is 1.80. The van der Waals surface area contributed by atoms with Gasteiger partial charge in [0.25, 0.3) is 5.91 Å². The fourth-order valence-corrected chi connectivity index (χ4v) is 4.84. The minimum atomic E-state index is -0.539. The molecule has 2 aliphatic heterocycles. The van der Waals surface area contributed by atoms with Crippen molar-refractivity contribution in [3.63, 3.8) is 0 Å². The van der Waals surface area contributed by atoms with Crippen LogP contribution in [-0.4, -0.2) is 47.9 Å². The highest BCUT2D eigenvalue weighted by atomic mass is 35.5. The largest absolute Gasteiger partial charge is 0.339 e. The lowest BCUT2D eigenvalue weighted by Crippen LogP contribution is -2.53. The molecule has 2 amide bonds. The Morgan fingerprint density at radius 3 is 2.64 bits per heavy atom. The molecule has 3 atom stereocenters. The number of amides is 2. The number of nitrogens with zero attached hydrogens (tertiary/aromatic N) is 1. The van der Waals surface area contributed by atoms with Crippen molar-refractivity contribution < 1.29 is 9.59 Å². The van der Waals surface area contributed by atoms with E-state index < -0.39 is 6.04 Å². The van der Waals surface area contributed by atoms with Crippen molar-refractivity contribution in [2.75, 3.05) is 13.1 Å². The zero-order valence-electron chi connectivity index (χ0n) is 15.7. The highest BCUT2D eigenvalue weighted by molar-refractivity contribution is 7.12. The molecule has 2 aromatic rings. The Balaban J connectivity index is 0.00000225. The zero-order chi connectivity index (χ0) is 18.6. The summed E-state index contributed by atoms with van der Waals surface area (Å²) in [5.74, 6) is -0.112. The number of halogens is 1. The Bertz CT molecular complexity index is 770. The zero-order valence-corrected chi connectivity index (χ0v) is 17.3. The van der Waals surface area contributed by atoms with E-state index >= 15 is 0 Å². The molecule has 1 aromatic heterocycles. The third-order valence-electron chi connectivity index (χ3n) is 5.54. The van der Waals surface area contributed by atoms with E-state index in [-0.39, 0.29) is 36.3 Å². The Morgan fingerprint density at radius 2 is 1.89 bits per heavy atom. The number of carbonyl (C=O) groups excluding carboxylic acids is 2. The standard InChI is InChI=1S/C21H25N3O2S.ClH/c25-20(19-7-4-12-27-19)23-18(13-15-5-2-1-3-6-15)21(26)24-16-8-9-17(24)14-22-11-10-16;/h1-7,12,16-18,22H,8-11,13-14H2,(H,23,25);1H. The second-order valence-corrected chi connectivity index (χ2v) is 8.26. The summed E-state index contributed by atoms with van der Waals surface area (Å²) in [6, 6.07) is 13.6. The molecule has 4 rings (SSSR count). The highest BCUT2D eigenvalue weighted by Crippen LogP contribution is 2.29. The van der Waals surface area contributed by atoms with Crippen molar-refractivity contribution in [1.29, 1.82) is 0 Å². The molecule has 150 valence electrons. The lowest BCUT2D eigenvalue weighted by Gasteiger charge is -2.32. The van der Waals surface area contributed by atoms with E-state index in [0.29, 0.717) is 11.3 Å². The van der Waals surface area contributed by atoms with Gasteiger partial charge in [-0.15, -0.1) is 23.7 Å². The van der Waals surface area contributed by atoms with Gasteiger partial charge in [-0.05, 0) is 42.8 Å². The molecule has 7 heteroatoms. The number of hydrogen-bond acceptors (Lipinski definition) is 4. The Kier molecular flexibility index (Phi) is 7.10. The molecule has 2 fully saturated rings. The molecule has 0 saturated carbocycles. The summed E-state index contributed by atoms with van der Waals surface area (Å²) < 4.78 is 0. The molecule has 0 aliphatic carbocycles. The molecule has 2 bridgehead atoms. The van der Waals surface area contributed by atoms with E-state index in [2.05, 4.69) is 15.5 Å². The summed E-state index contributed by atoms with van der Waals surface area (Å²) in [6.07, 6.45) is 3.61. The van der Waals surface area contributed by atoms with Gasteiger partial charge in [-0.3, -0.25) is 9.59 Å². The number of rotatable bonds is 5. The van der Waals surface area contributed by atoms with Gasteiger partial charge in [0.2, 0.25) is 5.91 Å². The fourth-order valence-electron chi connectivity index (χ4n) is 4.21. The molecule has 28 heavy (non-hydrogen) atoms. The van der Waals surface area contributed by atoms with Crippen molar-refractivity contribution in [2.45, 2.75) is 43.8 Å². The first kappa shape index (κ1) is 20.8. The summed E-state index contributed by atoms with van der Waals surface area (Å²) in [5, 5.41) is 8.33. The number of benzene rings is 1. The molecule has 2 saturated heterocycles. The fraction of sp³-hybridized carbons (Fsp3) is 0.429. The van der Waals surface area contributed by atoms with Crippen LogP contribution in [-0.2, 0) is 11.2 Å². The van der Waals surface area contributed by atoms with Crippen LogP contribution in [0.1, 0.15) is 34.5 Å². The highest BCUT2D eigenvalue weighted by Gasteiger charge is 2.40. The van der Waals surface area contributed by atoms with Crippen LogP contribution in [0.4, 0.5) is 0 Å². The van der Waals surface area contributed by atoms with Crippen LogP contribution in [0, 0.1) is 0 Å². The smallest absolute Gasteiger partial charge is 0.262 e. The van der Waals surface area contributed by atoms with Gasteiger partial charge in [0.05, 0.1) is 4.88 Å². The first-order valence-electron chi connectivity index (χ1n) is 9.63. The second-order valence-electron chi connectivity index (χ2n) is 7.32. The Hall–Kier alpha value is -1.89. The summed E-state index contributed by atoms with van der Waals surface area (Å²) in [4.78, 5) is 28.9. The molecule has 0 spiro atoms. The molecule has 5 nitrogen and oxygen atoms in total. The normalized spacial score (nSPS) is 22.1. The van der Waals surface area contributed by atoms with Crippen LogP contribution in [0.25, 0.3) is 0 Å². The van der Waals surface area contributed by atoms with E-state index in [1.807, 2.05) is 41.8 Å². The van der Waals surface area contributed by atoms with E-state index in [0.717, 1.165) is 37.9 Å². The first-order chi connectivity index (χ1) is 13.2. The van der Waals surface area contributed by atoms with Gasteiger partial charge >= 0.3 is 0 Å². The molecule has 1 aromatic carbocycles. The quantitative estimate of drug-likeness (QED) is 0.783. The lowest BCUT2D eigenvalue weighted by atomic mass is 10.0. The number of carbonyl (C=O) groups is 2. The van der Waals surface area contributed by atoms with Gasteiger partial charge < -0.3 is 15.5 Å². The molecular formula is C21H26ClN3O2S. The topological polar surface area (TPSA) is 61.4 Å². The predicted octanol–water partition coefficient (Wildman–Crippen LogP) is 2.86. The number of fused-ring (bicyclic) bond motifs is 2. The van der Waals surface area contributed by atoms with Gasteiger partial charge in [0, 0.05) is 25.0 Å². The van der Waals surface area contributed by atoms with Crippen molar-refractivity contribution >= 4 is 35.6 Å². The number of nitrogens with one attached hydrogen (secondary N) is 2. The van der Waals surface area contributed by atoms with Gasteiger partial charge in [0.15, 0.2) is 0 Å². The third-order valence-corrected chi connectivity index (χ3v) is 6.41. The van der Waals surface area contributed by atoms with E-state index in [1.54, 1.807) is 6.07 Å². The molecule has 2 aliphatic rings. The van der Waals surface area contributed by atoms with E-state index in [4.69, 9.17) is 0 Å². The van der Waals surface area contributed by atoms with Crippen LogP contribution in [0.2, 0.25) is 0 Å². The number of hydrogen-bond donors (Lipinski definition) is 2. The molecule has 2 N–H and O–H groups in total. The maximum Gasteiger partial charge on any atom is 0.262 e. The van der Waals surface area contributed by atoms with Crippen LogP contribution in [0.3, 0.4) is 0 Å². The molecule has 0 radical (unpaired) electrons. The van der Waals surface area contributed by atoms with Crippen LogP contribution >= 0.6 is 23.7 Å². The minimum Gasteiger partial charge on any atom is -0.339 e. The monoisotopic (exact) mass is 419 g/mol.